The van der Waals surface area contributed by atoms with E-state index in [0.717, 1.165) is 46.7 Å². The second kappa shape index (κ2) is 10.2. The number of aromatic nitrogens is 1. The first kappa shape index (κ1) is 24.9. The summed E-state index contributed by atoms with van der Waals surface area (Å²) in [6.45, 7) is 5.19. The molecule has 6 nitrogen and oxygen atoms in total. The van der Waals surface area contributed by atoms with Crippen LogP contribution in [0.15, 0.2) is 33.5 Å². The van der Waals surface area contributed by atoms with Gasteiger partial charge < -0.3 is 4.57 Å². The van der Waals surface area contributed by atoms with E-state index in [2.05, 4.69) is 35.5 Å². The van der Waals surface area contributed by atoms with Crippen LogP contribution in [0, 0.1) is 13.8 Å². The zero-order valence-corrected chi connectivity index (χ0v) is 22.7. The Kier molecular flexibility index (Phi) is 7.72. The maximum atomic E-state index is 13.4. The third kappa shape index (κ3) is 5.11. The normalized spacial score (nSPS) is 18.3. The van der Waals surface area contributed by atoms with Crippen LogP contribution in [0.25, 0.3) is 10.2 Å². The molecule has 1 aromatic carbocycles. The summed E-state index contributed by atoms with van der Waals surface area (Å²) in [5, 5.41) is 0. The molecule has 33 heavy (non-hydrogen) atoms. The molecule has 3 heterocycles. The number of benzene rings is 1. The van der Waals surface area contributed by atoms with Gasteiger partial charge >= 0.3 is 0 Å². The van der Waals surface area contributed by atoms with E-state index in [1.165, 1.54) is 32.8 Å². The van der Waals surface area contributed by atoms with Crippen molar-refractivity contribution in [1.82, 2.24) is 8.87 Å². The van der Waals surface area contributed by atoms with Crippen molar-refractivity contribution < 1.29 is 13.2 Å². The van der Waals surface area contributed by atoms with E-state index in [0.29, 0.717) is 22.1 Å². The standard InChI is InChI=1S/C22H26ClN3O3S4/c1-14-12-17-18(13-15(14)2)31-22(25(17)10-11-30-3)24-21(27)16-6-4-5-9-26(16)33(28,29)20-8-7-19(23)32-20/h7-8,12-13,16H,4-6,9-11H2,1-3H3. The molecular weight excluding hydrogens is 518 g/mol. The highest BCUT2D eigenvalue weighted by molar-refractivity contribution is 7.98. The van der Waals surface area contributed by atoms with Gasteiger partial charge in [0, 0.05) is 18.8 Å². The number of piperidine rings is 1. The van der Waals surface area contributed by atoms with Crippen LogP contribution in [0.4, 0.5) is 0 Å². The fourth-order valence-corrected chi connectivity index (χ4v) is 8.74. The molecule has 2 aromatic heterocycles. The number of fused-ring (bicyclic) bond motifs is 1. The molecular formula is C22H26ClN3O3S4. The first-order valence-corrected chi connectivity index (χ1v) is 15.5. The number of sulfonamides is 1. The van der Waals surface area contributed by atoms with Gasteiger partial charge in [-0.25, -0.2) is 8.42 Å². The predicted octanol–water partition coefficient (Wildman–Crippen LogP) is 5.07. The molecule has 3 aromatic rings. The van der Waals surface area contributed by atoms with E-state index in [9.17, 15) is 13.2 Å². The van der Waals surface area contributed by atoms with Crippen LogP contribution in [0.5, 0.6) is 0 Å². The number of hydrogen-bond acceptors (Lipinski definition) is 6. The lowest BCUT2D eigenvalue weighted by Gasteiger charge is -2.31. The van der Waals surface area contributed by atoms with Crippen LogP contribution in [0.3, 0.4) is 0 Å². The van der Waals surface area contributed by atoms with Crippen molar-refractivity contribution in [3.05, 3.63) is 44.5 Å². The zero-order valence-electron chi connectivity index (χ0n) is 18.7. The van der Waals surface area contributed by atoms with Crippen molar-refractivity contribution in [1.29, 1.82) is 0 Å². The number of thiazole rings is 1. The minimum Gasteiger partial charge on any atom is -0.316 e. The van der Waals surface area contributed by atoms with Gasteiger partial charge in [-0.3, -0.25) is 4.79 Å². The Bertz CT molecular complexity index is 1360. The fourth-order valence-electron chi connectivity index (χ4n) is 3.97. The summed E-state index contributed by atoms with van der Waals surface area (Å²) in [5.41, 5.74) is 3.44. The van der Waals surface area contributed by atoms with Crippen LogP contribution in [0.1, 0.15) is 30.4 Å². The number of amides is 1. The second-order valence-electron chi connectivity index (χ2n) is 8.07. The quantitative estimate of drug-likeness (QED) is 0.435. The van der Waals surface area contributed by atoms with E-state index in [-0.39, 0.29) is 4.21 Å². The Morgan fingerprint density at radius 3 is 2.67 bits per heavy atom. The van der Waals surface area contributed by atoms with Crippen LogP contribution >= 0.6 is 46.0 Å². The summed E-state index contributed by atoms with van der Waals surface area (Å²) in [7, 11) is -3.81. The molecule has 0 bridgehead atoms. The van der Waals surface area contributed by atoms with Crippen molar-refractivity contribution in [2.24, 2.45) is 4.99 Å². The first-order chi connectivity index (χ1) is 15.7. The number of aryl methyl sites for hydroxylation is 3. The van der Waals surface area contributed by atoms with E-state index in [1.54, 1.807) is 17.8 Å². The van der Waals surface area contributed by atoms with Gasteiger partial charge in [0.25, 0.3) is 15.9 Å². The van der Waals surface area contributed by atoms with Gasteiger partial charge in [0.15, 0.2) is 4.80 Å². The first-order valence-electron chi connectivity index (χ1n) is 10.7. The van der Waals surface area contributed by atoms with Gasteiger partial charge in [-0.15, -0.1) is 11.3 Å². The minimum atomic E-state index is -3.81. The minimum absolute atomic E-state index is 0.162. The van der Waals surface area contributed by atoms with Crippen LogP contribution in [0.2, 0.25) is 4.34 Å². The Morgan fingerprint density at radius 1 is 1.21 bits per heavy atom. The number of hydrogen-bond donors (Lipinski definition) is 0. The highest BCUT2D eigenvalue weighted by Crippen LogP contribution is 2.32. The summed E-state index contributed by atoms with van der Waals surface area (Å²) in [5.74, 6) is 0.488. The molecule has 4 rings (SSSR count). The average molecular weight is 544 g/mol. The van der Waals surface area contributed by atoms with Gasteiger partial charge in [-0.2, -0.15) is 21.1 Å². The number of thioether (sulfide) groups is 1. The summed E-state index contributed by atoms with van der Waals surface area (Å²) in [6.07, 6.45) is 4.03. The Hall–Kier alpha value is -1.17. The summed E-state index contributed by atoms with van der Waals surface area (Å²) >= 11 is 10.2. The number of carbonyl (C=O) groups excluding carboxylic acids is 1. The molecule has 178 valence electrons. The highest BCUT2D eigenvalue weighted by Gasteiger charge is 2.38. The van der Waals surface area contributed by atoms with E-state index < -0.39 is 22.0 Å². The molecule has 0 aliphatic carbocycles. The lowest BCUT2D eigenvalue weighted by atomic mass is 10.0. The maximum Gasteiger partial charge on any atom is 0.266 e. The SMILES string of the molecule is CSCCn1c(=NC(=O)C2CCCCN2S(=O)(=O)c2ccc(Cl)s2)sc2cc(C)c(C)cc21. The largest absolute Gasteiger partial charge is 0.316 e. The Morgan fingerprint density at radius 2 is 1.97 bits per heavy atom. The van der Waals surface area contributed by atoms with Crippen LogP contribution in [-0.4, -0.2) is 47.8 Å². The average Bonchev–Trinajstić information content (AvgIpc) is 3.36. The van der Waals surface area contributed by atoms with Gasteiger partial charge in [0.2, 0.25) is 0 Å². The smallest absolute Gasteiger partial charge is 0.266 e. The summed E-state index contributed by atoms with van der Waals surface area (Å²) < 4.78 is 31.6. The second-order valence-corrected chi connectivity index (χ2v) is 13.9. The van der Waals surface area contributed by atoms with Crippen LogP contribution < -0.4 is 4.80 Å². The molecule has 0 saturated carbocycles. The molecule has 1 atom stereocenters. The molecule has 1 amide bonds. The number of carbonyl (C=O) groups is 1. The number of nitrogens with zero attached hydrogens (tertiary/aromatic N) is 3. The number of halogens is 1. The van der Waals surface area contributed by atoms with E-state index in [1.807, 2.05) is 6.26 Å². The molecule has 0 radical (unpaired) electrons. The molecule has 1 fully saturated rings. The number of thiophene rings is 1. The highest BCUT2D eigenvalue weighted by atomic mass is 35.5. The summed E-state index contributed by atoms with van der Waals surface area (Å²) in [6, 6.07) is 6.55. The van der Waals surface area contributed by atoms with Gasteiger partial charge in [0.05, 0.1) is 14.6 Å². The van der Waals surface area contributed by atoms with E-state index in [4.69, 9.17) is 11.6 Å². The van der Waals surface area contributed by atoms with Crippen molar-refractivity contribution in [3.63, 3.8) is 0 Å². The van der Waals surface area contributed by atoms with Crippen molar-refractivity contribution in [2.75, 3.05) is 18.6 Å². The van der Waals surface area contributed by atoms with Crippen molar-refractivity contribution in [2.45, 2.75) is 49.9 Å². The lowest BCUT2D eigenvalue weighted by Crippen LogP contribution is -2.47. The van der Waals surface area contributed by atoms with Crippen molar-refractivity contribution in [3.8, 4) is 0 Å². The fraction of sp³-hybridized carbons (Fsp3) is 0.455. The van der Waals surface area contributed by atoms with Crippen LogP contribution in [-0.2, 0) is 21.4 Å². The molecule has 0 N–H and O–H groups in total. The third-order valence-electron chi connectivity index (χ3n) is 5.87. The van der Waals surface area contributed by atoms with Crippen molar-refractivity contribution >= 4 is 72.2 Å². The topological polar surface area (TPSA) is 71.7 Å². The van der Waals surface area contributed by atoms with Gasteiger partial charge in [-0.1, -0.05) is 29.4 Å². The summed E-state index contributed by atoms with van der Waals surface area (Å²) in [4.78, 5) is 18.5. The molecule has 1 unspecified atom stereocenters. The third-order valence-corrected chi connectivity index (χ3v) is 11.1. The monoisotopic (exact) mass is 543 g/mol. The molecule has 0 spiro atoms. The molecule has 1 saturated heterocycles. The number of rotatable bonds is 6. The molecule has 1 aliphatic heterocycles. The zero-order chi connectivity index (χ0) is 23.8. The van der Waals surface area contributed by atoms with Gasteiger partial charge in [0.1, 0.15) is 10.3 Å². The molecule has 1 aliphatic rings. The molecule has 11 heteroatoms. The maximum absolute atomic E-state index is 13.4. The Balaban J connectivity index is 1.75. The Labute approximate surface area is 211 Å². The lowest BCUT2D eigenvalue weighted by molar-refractivity contribution is -0.122. The van der Waals surface area contributed by atoms with Gasteiger partial charge in [-0.05, 0) is 68.3 Å². The van der Waals surface area contributed by atoms with E-state index >= 15 is 0 Å². The predicted molar refractivity (Wildman–Crippen MR) is 139 cm³/mol.